The van der Waals surface area contributed by atoms with Crippen LogP contribution in [0.4, 0.5) is 10.5 Å². The lowest BCUT2D eigenvalue weighted by atomic mass is 9.95. The first-order chi connectivity index (χ1) is 17.2. The van der Waals surface area contributed by atoms with E-state index in [1.54, 1.807) is 25.1 Å². The van der Waals surface area contributed by atoms with Crippen molar-refractivity contribution in [1.29, 1.82) is 0 Å². The van der Waals surface area contributed by atoms with Crippen LogP contribution in [0.1, 0.15) is 24.1 Å². The fourth-order valence-electron chi connectivity index (χ4n) is 3.38. The molecule has 0 saturated carbocycles. The minimum Gasteiger partial charge on any atom is -0.493 e. The highest BCUT2D eigenvalue weighted by Gasteiger charge is 2.32. The third kappa shape index (κ3) is 6.14. The second-order valence-electron chi connectivity index (χ2n) is 7.41. The number of nitrogens with zero attached hydrogens (tertiary/aromatic N) is 2. The number of urea groups is 1. The van der Waals surface area contributed by atoms with Gasteiger partial charge in [-0.25, -0.2) is 15.0 Å². The third-order valence-electron chi connectivity index (χ3n) is 5.04. The second-order valence-corrected chi connectivity index (χ2v) is 7.41. The maximum Gasteiger partial charge on any atom is 0.337 e. The monoisotopic (exact) mass is 497 g/mol. The Morgan fingerprint density at radius 2 is 1.97 bits per heavy atom. The predicted octanol–water partition coefficient (Wildman–Crippen LogP) is 1.93. The first-order valence-electron chi connectivity index (χ1n) is 10.5. The highest BCUT2D eigenvalue weighted by molar-refractivity contribution is 5.95. The molecule has 0 bridgehead atoms. The van der Waals surface area contributed by atoms with Crippen molar-refractivity contribution < 1.29 is 33.5 Å². The summed E-state index contributed by atoms with van der Waals surface area (Å²) in [6, 6.07) is 9.20. The summed E-state index contributed by atoms with van der Waals surface area (Å²) in [6.45, 7) is 1.19. The summed E-state index contributed by atoms with van der Waals surface area (Å²) >= 11 is 0. The summed E-state index contributed by atoms with van der Waals surface area (Å²) in [5.74, 6) is -0.693. The molecular weight excluding hydrogens is 474 g/mol. The number of ether oxygens (including phenoxy) is 3. The van der Waals surface area contributed by atoms with Gasteiger partial charge in [0, 0.05) is 23.4 Å². The van der Waals surface area contributed by atoms with E-state index >= 15 is 0 Å². The van der Waals surface area contributed by atoms with Crippen LogP contribution in [0.5, 0.6) is 11.5 Å². The van der Waals surface area contributed by atoms with E-state index in [2.05, 4.69) is 21.2 Å². The van der Waals surface area contributed by atoms with Crippen LogP contribution < -0.4 is 25.5 Å². The molecule has 1 aliphatic rings. The van der Waals surface area contributed by atoms with Gasteiger partial charge in [-0.3, -0.25) is 14.9 Å². The van der Waals surface area contributed by atoms with E-state index in [1.807, 2.05) is 0 Å². The lowest BCUT2D eigenvalue weighted by Crippen LogP contribution is -2.45. The van der Waals surface area contributed by atoms with Crippen LogP contribution in [-0.2, 0) is 14.3 Å². The van der Waals surface area contributed by atoms with Crippen molar-refractivity contribution in [3.05, 3.63) is 75.0 Å². The summed E-state index contributed by atoms with van der Waals surface area (Å²) < 4.78 is 15.7. The predicted molar refractivity (Wildman–Crippen MR) is 126 cm³/mol. The molecule has 3 amide bonds. The maximum atomic E-state index is 12.3. The van der Waals surface area contributed by atoms with Crippen molar-refractivity contribution in [2.45, 2.75) is 13.0 Å². The van der Waals surface area contributed by atoms with Gasteiger partial charge >= 0.3 is 12.0 Å². The molecule has 1 atom stereocenters. The fraction of sp³-hybridized carbons (Fsp3) is 0.217. The molecular formula is C23H23N5O8. The Morgan fingerprint density at radius 3 is 2.67 bits per heavy atom. The van der Waals surface area contributed by atoms with Crippen molar-refractivity contribution in [3.8, 4) is 11.5 Å². The molecule has 3 rings (SSSR count). The number of nitrogens with one attached hydrogen (secondary N) is 3. The molecule has 0 radical (unpaired) electrons. The summed E-state index contributed by atoms with van der Waals surface area (Å²) in [5.41, 5.74) is 3.72. The van der Waals surface area contributed by atoms with Crippen LogP contribution in [0.15, 0.2) is 58.8 Å². The average molecular weight is 497 g/mol. The topological polar surface area (TPSA) is 170 Å². The first-order valence-corrected chi connectivity index (χ1v) is 10.5. The average Bonchev–Trinajstić information content (AvgIpc) is 2.86. The van der Waals surface area contributed by atoms with Crippen molar-refractivity contribution >= 4 is 29.8 Å². The summed E-state index contributed by atoms with van der Waals surface area (Å²) in [5, 5.41) is 19.8. The minimum atomic E-state index is -0.791. The lowest BCUT2D eigenvalue weighted by molar-refractivity contribution is -0.384. The van der Waals surface area contributed by atoms with Gasteiger partial charge in [-0.2, -0.15) is 5.10 Å². The molecule has 13 nitrogen and oxygen atoms in total. The van der Waals surface area contributed by atoms with E-state index < -0.39 is 35.5 Å². The molecule has 2 aromatic rings. The van der Waals surface area contributed by atoms with Gasteiger partial charge in [0.05, 0.1) is 37.0 Å². The number of allylic oxidation sites excluding steroid dienone is 1. The van der Waals surface area contributed by atoms with Crippen LogP contribution in [0.3, 0.4) is 0 Å². The lowest BCUT2D eigenvalue weighted by Gasteiger charge is -2.28. The second kappa shape index (κ2) is 11.5. The van der Waals surface area contributed by atoms with Crippen molar-refractivity contribution in [2.75, 3.05) is 20.8 Å². The van der Waals surface area contributed by atoms with Crippen molar-refractivity contribution in [2.24, 2.45) is 5.10 Å². The van der Waals surface area contributed by atoms with E-state index in [-0.39, 0.29) is 22.8 Å². The maximum absolute atomic E-state index is 12.3. The standard InChI is InChI=1S/C23H23N5O8/c1-13-20(22(30)35-3)21(26-23(31)25-13)15-7-8-17(18(10-15)34-2)36-12-19(29)27-24-11-14-5-4-6-16(9-14)28(32)33/h4-11,21H,12H2,1-3H3,(H,27,29)(H2,25,26,31)/b24-11-/t21-/m1/s1. The number of nitro groups is 1. The van der Waals surface area contributed by atoms with Gasteiger partial charge in [-0.1, -0.05) is 18.2 Å². The number of esters is 1. The van der Waals surface area contributed by atoms with Crippen LogP contribution in [0.25, 0.3) is 0 Å². The van der Waals surface area contributed by atoms with Gasteiger partial charge in [0.25, 0.3) is 11.6 Å². The molecule has 0 saturated heterocycles. The zero-order valence-electron chi connectivity index (χ0n) is 19.6. The molecule has 188 valence electrons. The third-order valence-corrected chi connectivity index (χ3v) is 5.04. The van der Waals surface area contributed by atoms with E-state index in [4.69, 9.17) is 14.2 Å². The number of carbonyl (C=O) groups is 3. The Morgan fingerprint density at radius 1 is 1.19 bits per heavy atom. The summed E-state index contributed by atoms with van der Waals surface area (Å²) in [6.07, 6.45) is 1.27. The van der Waals surface area contributed by atoms with Crippen LogP contribution in [0, 0.1) is 10.1 Å². The molecule has 0 aliphatic carbocycles. The molecule has 0 spiro atoms. The van der Waals surface area contributed by atoms with Gasteiger partial charge in [-0.05, 0) is 24.6 Å². The molecule has 1 aliphatic heterocycles. The van der Waals surface area contributed by atoms with Gasteiger partial charge in [-0.15, -0.1) is 0 Å². The van der Waals surface area contributed by atoms with E-state index in [0.717, 1.165) is 0 Å². The fourth-order valence-corrected chi connectivity index (χ4v) is 3.38. The molecule has 0 unspecified atom stereocenters. The van der Waals surface area contributed by atoms with Gasteiger partial charge < -0.3 is 24.8 Å². The smallest absolute Gasteiger partial charge is 0.337 e. The van der Waals surface area contributed by atoms with Gasteiger partial charge in [0.15, 0.2) is 18.1 Å². The number of benzene rings is 2. The largest absolute Gasteiger partial charge is 0.493 e. The number of nitro benzene ring substituents is 1. The normalized spacial score (nSPS) is 15.1. The van der Waals surface area contributed by atoms with Crippen molar-refractivity contribution in [1.82, 2.24) is 16.1 Å². The zero-order chi connectivity index (χ0) is 26.2. The Balaban J connectivity index is 1.67. The molecule has 13 heteroatoms. The quantitative estimate of drug-likeness (QED) is 0.204. The number of hydrogen-bond acceptors (Lipinski definition) is 9. The van der Waals surface area contributed by atoms with E-state index in [9.17, 15) is 24.5 Å². The van der Waals surface area contributed by atoms with E-state index in [0.29, 0.717) is 16.8 Å². The van der Waals surface area contributed by atoms with Gasteiger partial charge in [0.2, 0.25) is 0 Å². The van der Waals surface area contributed by atoms with Crippen LogP contribution in [0.2, 0.25) is 0 Å². The minimum absolute atomic E-state index is 0.0995. The van der Waals surface area contributed by atoms with E-state index in [1.165, 1.54) is 44.7 Å². The summed E-state index contributed by atoms with van der Waals surface area (Å²) in [7, 11) is 2.64. The summed E-state index contributed by atoms with van der Waals surface area (Å²) in [4.78, 5) is 46.7. The zero-order valence-corrected chi connectivity index (χ0v) is 19.6. The Hall–Kier alpha value is -4.94. The number of rotatable bonds is 9. The molecule has 36 heavy (non-hydrogen) atoms. The number of hydrogen-bond donors (Lipinski definition) is 3. The van der Waals surface area contributed by atoms with Crippen LogP contribution in [-0.4, -0.2) is 49.9 Å². The Bertz CT molecular complexity index is 1260. The molecule has 2 aromatic carbocycles. The highest BCUT2D eigenvalue weighted by atomic mass is 16.6. The number of methoxy groups -OCH3 is 2. The Kier molecular flexibility index (Phi) is 8.18. The van der Waals surface area contributed by atoms with Gasteiger partial charge in [0.1, 0.15) is 0 Å². The number of carbonyl (C=O) groups excluding carboxylic acids is 3. The molecule has 3 N–H and O–H groups in total. The van der Waals surface area contributed by atoms with Crippen molar-refractivity contribution in [3.63, 3.8) is 0 Å². The first kappa shape index (κ1) is 25.7. The molecule has 1 heterocycles. The number of non-ortho nitro benzene ring substituents is 1. The highest BCUT2D eigenvalue weighted by Crippen LogP contribution is 2.34. The number of amides is 3. The Labute approximate surface area is 205 Å². The molecule has 0 aromatic heterocycles. The SMILES string of the molecule is COC(=O)C1=C(C)NC(=O)N[C@@H]1c1ccc(OCC(=O)N/N=C\c2cccc([N+](=O)[O-])c2)c(OC)c1. The number of hydrazone groups is 1. The molecule has 0 fully saturated rings. The van der Waals surface area contributed by atoms with Crippen LogP contribution >= 0.6 is 0 Å².